The summed E-state index contributed by atoms with van der Waals surface area (Å²) in [6.45, 7) is 7.07. The summed E-state index contributed by atoms with van der Waals surface area (Å²) in [5.41, 5.74) is 5.62. The van der Waals surface area contributed by atoms with E-state index in [4.69, 9.17) is 0 Å². The zero-order valence-corrected chi connectivity index (χ0v) is 18.0. The van der Waals surface area contributed by atoms with Crippen molar-refractivity contribution >= 4 is 11.0 Å². The fourth-order valence-corrected chi connectivity index (χ4v) is 3.93. The summed E-state index contributed by atoms with van der Waals surface area (Å²) < 4.78 is 3.57. The molecule has 0 saturated heterocycles. The average Bonchev–Trinajstić information content (AvgIpc) is 2.97. The Bertz CT molecular complexity index is 1240. The van der Waals surface area contributed by atoms with Gasteiger partial charge in [0.1, 0.15) is 6.10 Å². The number of aliphatic hydroxyl groups excluding tert-OH is 1. The smallest absolute Gasteiger partial charge is 0.328 e. The van der Waals surface area contributed by atoms with E-state index in [1.54, 1.807) is 4.57 Å². The number of aryl methyl sites for hydroxylation is 1. The maximum Gasteiger partial charge on any atom is 0.328 e. The third-order valence-corrected chi connectivity index (χ3v) is 5.43. The Labute approximate surface area is 177 Å². The van der Waals surface area contributed by atoms with E-state index in [1.165, 1.54) is 0 Å². The highest BCUT2D eigenvalue weighted by molar-refractivity contribution is 5.83. The Morgan fingerprint density at radius 2 is 1.50 bits per heavy atom. The lowest BCUT2D eigenvalue weighted by Gasteiger charge is -2.18. The molecule has 4 nitrogen and oxygen atoms in total. The topological polar surface area (TPSA) is 47.2 Å². The molecule has 0 aliphatic heterocycles. The quantitative estimate of drug-likeness (QED) is 0.516. The van der Waals surface area contributed by atoms with E-state index in [-0.39, 0.29) is 11.1 Å². The van der Waals surface area contributed by atoms with Crippen molar-refractivity contribution in [2.75, 3.05) is 0 Å². The van der Waals surface area contributed by atoms with Crippen LogP contribution in [0.3, 0.4) is 0 Å². The van der Waals surface area contributed by atoms with Gasteiger partial charge < -0.3 is 5.11 Å². The van der Waals surface area contributed by atoms with E-state index in [1.807, 2.05) is 72.3 Å². The largest absolute Gasteiger partial charge is 0.384 e. The Kier molecular flexibility index (Phi) is 5.12. The summed E-state index contributed by atoms with van der Waals surface area (Å²) >= 11 is 0. The van der Waals surface area contributed by atoms with Crippen LogP contribution in [0.4, 0.5) is 0 Å². The van der Waals surface area contributed by atoms with Crippen molar-refractivity contribution in [3.63, 3.8) is 0 Å². The first-order chi connectivity index (χ1) is 14.2. The number of benzene rings is 3. The molecule has 154 valence electrons. The van der Waals surface area contributed by atoms with Crippen LogP contribution in [-0.2, 0) is 13.6 Å². The van der Waals surface area contributed by atoms with Gasteiger partial charge in [0.15, 0.2) is 0 Å². The Balaban J connectivity index is 1.76. The molecular weight excluding hydrogens is 372 g/mol. The minimum absolute atomic E-state index is 0.00493. The number of aliphatic hydroxyl groups is 1. The van der Waals surface area contributed by atoms with Gasteiger partial charge in [-0.25, -0.2) is 4.79 Å². The molecule has 30 heavy (non-hydrogen) atoms. The molecule has 0 radical (unpaired) electrons. The minimum Gasteiger partial charge on any atom is -0.384 e. The van der Waals surface area contributed by atoms with E-state index in [2.05, 4.69) is 32.9 Å². The highest BCUT2D eigenvalue weighted by Crippen LogP contribution is 2.29. The fourth-order valence-electron chi connectivity index (χ4n) is 3.93. The molecule has 0 bridgehead atoms. The second kappa shape index (κ2) is 7.62. The summed E-state index contributed by atoms with van der Waals surface area (Å²) in [7, 11) is 1.82. The van der Waals surface area contributed by atoms with Crippen LogP contribution in [0.1, 0.15) is 38.0 Å². The van der Waals surface area contributed by atoms with E-state index in [0.717, 1.165) is 33.3 Å². The molecule has 3 aromatic carbocycles. The average molecular weight is 401 g/mol. The summed E-state index contributed by atoms with van der Waals surface area (Å²) in [5, 5.41) is 10.8. The predicted octanol–water partition coefficient (Wildman–Crippen LogP) is 5.13. The van der Waals surface area contributed by atoms with Crippen molar-refractivity contribution in [1.82, 2.24) is 9.13 Å². The number of imidazole rings is 1. The molecule has 1 aromatic heterocycles. The lowest BCUT2D eigenvalue weighted by Crippen LogP contribution is -2.27. The van der Waals surface area contributed by atoms with Crippen LogP contribution in [0.15, 0.2) is 77.6 Å². The number of nitrogens with zero attached hydrogens (tertiary/aromatic N) is 2. The molecule has 4 rings (SSSR count). The molecule has 1 N–H and O–H groups in total. The summed E-state index contributed by atoms with van der Waals surface area (Å²) in [6.07, 6.45) is -0.674. The lowest BCUT2D eigenvalue weighted by atomic mass is 9.96. The Morgan fingerprint density at radius 3 is 2.20 bits per heavy atom. The molecule has 0 aliphatic carbocycles. The number of hydrogen-bond acceptors (Lipinski definition) is 2. The van der Waals surface area contributed by atoms with Crippen LogP contribution in [-0.4, -0.2) is 14.2 Å². The van der Waals surface area contributed by atoms with Gasteiger partial charge in [-0.1, -0.05) is 75.4 Å². The first kappa shape index (κ1) is 20.2. The first-order valence-electron chi connectivity index (χ1n) is 10.3. The van der Waals surface area contributed by atoms with Crippen molar-refractivity contribution in [3.05, 3.63) is 94.4 Å². The third kappa shape index (κ3) is 3.83. The van der Waals surface area contributed by atoms with Crippen molar-refractivity contribution in [2.45, 2.75) is 33.4 Å². The molecule has 1 unspecified atom stereocenters. The Hall–Kier alpha value is -3.11. The number of hydrogen-bond donors (Lipinski definition) is 1. The normalized spacial score (nSPS) is 13.0. The lowest BCUT2D eigenvalue weighted by molar-refractivity contribution is 0.220. The van der Waals surface area contributed by atoms with E-state index >= 15 is 0 Å². The van der Waals surface area contributed by atoms with Crippen molar-refractivity contribution in [1.29, 1.82) is 0 Å². The van der Waals surface area contributed by atoms with Crippen LogP contribution in [0.5, 0.6) is 0 Å². The van der Waals surface area contributed by atoms with Crippen LogP contribution in [0.25, 0.3) is 22.2 Å². The predicted molar refractivity (Wildman–Crippen MR) is 123 cm³/mol. The van der Waals surface area contributed by atoms with E-state index < -0.39 is 6.10 Å². The molecule has 0 aliphatic rings. The monoisotopic (exact) mass is 400 g/mol. The van der Waals surface area contributed by atoms with Gasteiger partial charge >= 0.3 is 5.69 Å². The molecule has 1 heterocycles. The Morgan fingerprint density at radius 1 is 0.833 bits per heavy atom. The standard InChI is InChI=1S/C26H28N2O2/c1-26(2,3)17-28-22-14-13-20(16-23(22)27(4)25(28)30)19-11-8-12-21(15-19)24(29)18-9-6-5-7-10-18/h5-16,24,29H,17H2,1-4H3. The van der Waals surface area contributed by atoms with Crippen LogP contribution < -0.4 is 5.69 Å². The van der Waals surface area contributed by atoms with Crippen molar-refractivity contribution in [2.24, 2.45) is 12.5 Å². The number of aromatic nitrogens is 2. The van der Waals surface area contributed by atoms with Crippen molar-refractivity contribution in [3.8, 4) is 11.1 Å². The highest BCUT2D eigenvalue weighted by atomic mass is 16.3. The molecule has 0 saturated carbocycles. The summed E-state index contributed by atoms with van der Waals surface area (Å²) in [6, 6.07) is 23.7. The van der Waals surface area contributed by atoms with Gasteiger partial charge in [0, 0.05) is 13.6 Å². The molecule has 4 heteroatoms. The van der Waals surface area contributed by atoms with Gasteiger partial charge in [-0.3, -0.25) is 9.13 Å². The van der Waals surface area contributed by atoms with E-state index in [9.17, 15) is 9.90 Å². The summed E-state index contributed by atoms with van der Waals surface area (Å²) in [5.74, 6) is 0. The maximum atomic E-state index is 12.8. The molecule has 4 aromatic rings. The van der Waals surface area contributed by atoms with Gasteiger partial charge in [-0.2, -0.15) is 0 Å². The molecule has 0 fully saturated rings. The molecule has 1 atom stereocenters. The SMILES string of the molecule is Cn1c(=O)n(CC(C)(C)C)c2ccc(-c3cccc(C(O)c4ccccc4)c3)cc21. The molecular formula is C26H28N2O2. The third-order valence-electron chi connectivity index (χ3n) is 5.43. The van der Waals surface area contributed by atoms with Crippen LogP contribution in [0, 0.1) is 5.41 Å². The van der Waals surface area contributed by atoms with Crippen molar-refractivity contribution < 1.29 is 5.11 Å². The fraction of sp³-hybridized carbons (Fsp3) is 0.269. The van der Waals surface area contributed by atoms with Gasteiger partial charge in [-0.15, -0.1) is 0 Å². The first-order valence-corrected chi connectivity index (χ1v) is 10.3. The molecule has 0 amide bonds. The molecule has 0 spiro atoms. The van der Waals surface area contributed by atoms with Gasteiger partial charge in [0.2, 0.25) is 0 Å². The maximum absolute atomic E-state index is 12.8. The van der Waals surface area contributed by atoms with Gasteiger partial charge in [0.25, 0.3) is 0 Å². The minimum atomic E-state index is -0.674. The van der Waals surface area contributed by atoms with E-state index in [0.29, 0.717) is 6.54 Å². The summed E-state index contributed by atoms with van der Waals surface area (Å²) in [4.78, 5) is 12.8. The second-order valence-corrected chi connectivity index (χ2v) is 9.13. The number of fused-ring (bicyclic) bond motifs is 1. The zero-order chi connectivity index (χ0) is 21.5. The van der Waals surface area contributed by atoms with Gasteiger partial charge in [-0.05, 0) is 45.9 Å². The second-order valence-electron chi connectivity index (χ2n) is 9.13. The zero-order valence-electron chi connectivity index (χ0n) is 18.0. The van der Waals surface area contributed by atoms with Crippen LogP contribution >= 0.6 is 0 Å². The van der Waals surface area contributed by atoms with Crippen LogP contribution in [0.2, 0.25) is 0 Å². The number of rotatable bonds is 4. The highest BCUT2D eigenvalue weighted by Gasteiger charge is 2.18. The van der Waals surface area contributed by atoms with Gasteiger partial charge in [0.05, 0.1) is 11.0 Å².